The lowest BCUT2D eigenvalue weighted by Crippen LogP contribution is -2.20. The van der Waals surface area contributed by atoms with Gasteiger partial charge in [-0.3, -0.25) is 4.98 Å². The van der Waals surface area contributed by atoms with Gasteiger partial charge in [-0.25, -0.2) is 13.8 Å². The fraction of sp³-hybridized carbons (Fsp3) is 0.400. The van der Waals surface area contributed by atoms with Crippen LogP contribution in [0.3, 0.4) is 0 Å². The molecule has 3 aromatic rings. The lowest BCUT2D eigenvalue weighted by molar-refractivity contribution is 0.0190. The number of imidazole rings is 1. The highest BCUT2D eigenvalue weighted by Gasteiger charge is 2.27. The van der Waals surface area contributed by atoms with Crippen molar-refractivity contribution < 1.29 is 13.5 Å². The van der Waals surface area contributed by atoms with Crippen molar-refractivity contribution in [2.45, 2.75) is 44.8 Å². The second-order valence-electron chi connectivity index (χ2n) is 7.32. The van der Waals surface area contributed by atoms with Crippen LogP contribution in [0.5, 0.6) is 0 Å². The van der Waals surface area contributed by atoms with E-state index in [1.165, 1.54) is 12.1 Å². The Morgan fingerprint density at radius 3 is 2.50 bits per heavy atom. The first-order chi connectivity index (χ1) is 12.4. The average molecular weight is 357 g/mol. The summed E-state index contributed by atoms with van der Waals surface area (Å²) in [5.41, 5.74) is 2.33. The average Bonchev–Trinajstić information content (AvgIpc) is 2.92. The van der Waals surface area contributed by atoms with Crippen LogP contribution in [0.1, 0.15) is 44.7 Å². The molecule has 26 heavy (non-hydrogen) atoms. The quantitative estimate of drug-likeness (QED) is 0.661. The molecular formula is C20H21F2N3O. The number of methoxy groups -OCH3 is 1. The zero-order valence-corrected chi connectivity index (χ0v) is 15.1. The van der Waals surface area contributed by atoms with Gasteiger partial charge in [0, 0.05) is 48.8 Å². The van der Waals surface area contributed by atoms with Crippen LogP contribution in [0.2, 0.25) is 0 Å². The van der Waals surface area contributed by atoms with Gasteiger partial charge in [-0.05, 0) is 39.2 Å². The number of halogens is 2. The van der Waals surface area contributed by atoms with Crippen LogP contribution in [0.15, 0.2) is 30.6 Å². The van der Waals surface area contributed by atoms with Gasteiger partial charge >= 0.3 is 0 Å². The number of nitrogens with zero attached hydrogens (tertiary/aromatic N) is 3. The Kier molecular flexibility index (Phi) is 4.03. The Hall–Kier alpha value is -2.34. The predicted molar refractivity (Wildman–Crippen MR) is 95.8 cm³/mol. The number of pyridine rings is 1. The fourth-order valence-corrected chi connectivity index (χ4v) is 3.32. The molecule has 0 aliphatic heterocycles. The highest BCUT2D eigenvalue weighted by molar-refractivity contribution is 5.81. The predicted octanol–water partition coefficient (Wildman–Crippen LogP) is 4.98. The third-order valence-electron chi connectivity index (χ3n) is 5.37. The standard InChI is InChI=1S/C20H21F2N3O/c1-20(2,26-3)13-7-12(10-23-11-13)19-24-17-8-15(21)16(22)9-18(17)25(19)14-5-4-6-14/h7-11,14H,4-6H2,1-3H3. The van der Waals surface area contributed by atoms with E-state index in [-0.39, 0.29) is 6.04 Å². The molecule has 2 heterocycles. The molecule has 136 valence electrons. The van der Waals surface area contributed by atoms with Crippen LogP contribution in [0.25, 0.3) is 22.4 Å². The van der Waals surface area contributed by atoms with Crippen LogP contribution in [0, 0.1) is 11.6 Å². The fourth-order valence-electron chi connectivity index (χ4n) is 3.32. The largest absolute Gasteiger partial charge is 0.374 e. The summed E-state index contributed by atoms with van der Waals surface area (Å²) in [6.45, 7) is 3.93. The van der Waals surface area contributed by atoms with E-state index in [4.69, 9.17) is 4.74 Å². The molecule has 1 aliphatic carbocycles. The van der Waals surface area contributed by atoms with Crippen molar-refractivity contribution >= 4 is 11.0 Å². The minimum atomic E-state index is -0.880. The van der Waals surface area contributed by atoms with Crippen LogP contribution in [0.4, 0.5) is 8.78 Å². The number of rotatable bonds is 4. The highest BCUT2D eigenvalue weighted by Crippen LogP contribution is 2.39. The highest BCUT2D eigenvalue weighted by atomic mass is 19.2. The van der Waals surface area contributed by atoms with Gasteiger partial charge in [-0.15, -0.1) is 0 Å². The van der Waals surface area contributed by atoms with Crippen molar-refractivity contribution in [3.05, 3.63) is 47.8 Å². The van der Waals surface area contributed by atoms with Crippen molar-refractivity contribution in [1.29, 1.82) is 0 Å². The van der Waals surface area contributed by atoms with Gasteiger partial charge < -0.3 is 9.30 Å². The van der Waals surface area contributed by atoms with Crippen molar-refractivity contribution in [2.24, 2.45) is 0 Å². The van der Waals surface area contributed by atoms with Crippen molar-refractivity contribution in [3.63, 3.8) is 0 Å². The minimum Gasteiger partial charge on any atom is -0.374 e. The maximum absolute atomic E-state index is 13.8. The Labute approximate surface area is 150 Å². The molecular weight excluding hydrogens is 336 g/mol. The number of hydrogen-bond donors (Lipinski definition) is 0. The summed E-state index contributed by atoms with van der Waals surface area (Å²) in [7, 11) is 1.65. The SMILES string of the molecule is COC(C)(C)c1cncc(-c2nc3cc(F)c(F)cc3n2C2CCC2)c1. The first-order valence-corrected chi connectivity index (χ1v) is 8.79. The van der Waals surface area contributed by atoms with E-state index < -0.39 is 17.2 Å². The summed E-state index contributed by atoms with van der Waals surface area (Å²) < 4.78 is 35.1. The van der Waals surface area contributed by atoms with Crippen molar-refractivity contribution in [2.75, 3.05) is 7.11 Å². The maximum atomic E-state index is 13.8. The van der Waals surface area contributed by atoms with Gasteiger partial charge in [-0.1, -0.05) is 0 Å². The molecule has 0 saturated heterocycles. The summed E-state index contributed by atoms with van der Waals surface area (Å²) in [5.74, 6) is -1.04. The molecule has 0 unspecified atom stereocenters. The number of benzene rings is 1. The van der Waals surface area contributed by atoms with Crippen LogP contribution in [-0.4, -0.2) is 21.6 Å². The molecule has 0 spiro atoms. The summed E-state index contributed by atoms with van der Waals surface area (Å²) in [6.07, 6.45) is 6.64. The first-order valence-electron chi connectivity index (χ1n) is 8.79. The number of aromatic nitrogens is 3. The van der Waals surface area contributed by atoms with E-state index in [0.29, 0.717) is 16.9 Å². The maximum Gasteiger partial charge on any atom is 0.161 e. The normalized spacial score (nSPS) is 15.4. The molecule has 4 rings (SSSR count). The zero-order chi connectivity index (χ0) is 18.5. The molecule has 0 radical (unpaired) electrons. The molecule has 1 aromatic carbocycles. The van der Waals surface area contributed by atoms with Crippen molar-refractivity contribution in [3.8, 4) is 11.4 Å². The van der Waals surface area contributed by atoms with Crippen LogP contribution in [-0.2, 0) is 10.3 Å². The number of hydrogen-bond acceptors (Lipinski definition) is 3. The lowest BCUT2D eigenvalue weighted by Gasteiger charge is -2.29. The Morgan fingerprint density at radius 2 is 1.85 bits per heavy atom. The first kappa shape index (κ1) is 17.1. The molecule has 0 bridgehead atoms. The molecule has 0 amide bonds. The monoisotopic (exact) mass is 357 g/mol. The molecule has 1 fully saturated rings. The lowest BCUT2D eigenvalue weighted by atomic mass is 9.92. The van der Waals surface area contributed by atoms with E-state index in [2.05, 4.69) is 9.97 Å². The third-order valence-corrected chi connectivity index (χ3v) is 5.37. The smallest absolute Gasteiger partial charge is 0.161 e. The topological polar surface area (TPSA) is 39.9 Å². The third kappa shape index (κ3) is 2.69. The van der Waals surface area contributed by atoms with E-state index in [9.17, 15) is 8.78 Å². The number of fused-ring (bicyclic) bond motifs is 1. The second kappa shape index (κ2) is 6.13. The van der Waals surface area contributed by atoms with Crippen LogP contribution < -0.4 is 0 Å². The van der Waals surface area contributed by atoms with Gasteiger partial charge in [0.05, 0.1) is 16.6 Å². The Bertz CT molecular complexity index is 977. The summed E-state index contributed by atoms with van der Waals surface area (Å²) in [6, 6.07) is 4.65. The van der Waals surface area contributed by atoms with Gasteiger partial charge in [0.15, 0.2) is 11.6 Å². The summed E-state index contributed by atoms with van der Waals surface area (Å²) in [4.78, 5) is 8.96. The van der Waals surface area contributed by atoms with Gasteiger partial charge in [0.25, 0.3) is 0 Å². The van der Waals surface area contributed by atoms with E-state index >= 15 is 0 Å². The van der Waals surface area contributed by atoms with E-state index in [1.807, 2.05) is 24.5 Å². The van der Waals surface area contributed by atoms with Gasteiger partial charge in [0.2, 0.25) is 0 Å². The molecule has 1 aliphatic rings. The van der Waals surface area contributed by atoms with Gasteiger partial charge in [-0.2, -0.15) is 0 Å². The molecule has 1 saturated carbocycles. The number of ether oxygens (including phenoxy) is 1. The van der Waals surface area contributed by atoms with Crippen LogP contribution >= 0.6 is 0 Å². The molecule has 6 heteroatoms. The minimum absolute atomic E-state index is 0.249. The van der Waals surface area contributed by atoms with Crippen molar-refractivity contribution in [1.82, 2.24) is 14.5 Å². The zero-order valence-electron chi connectivity index (χ0n) is 15.1. The molecule has 0 atom stereocenters. The van der Waals surface area contributed by atoms with E-state index in [0.717, 1.165) is 30.4 Å². The molecule has 0 N–H and O–H groups in total. The van der Waals surface area contributed by atoms with E-state index in [1.54, 1.807) is 19.5 Å². The summed E-state index contributed by atoms with van der Waals surface area (Å²) >= 11 is 0. The Morgan fingerprint density at radius 1 is 1.12 bits per heavy atom. The second-order valence-corrected chi connectivity index (χ2v) is 7.32. The summed E-state index contributed by atoms with van der Waals surface area (Å²) in [5, 5.41) is 0. The van der Waals surface area contributed by atoms with Gasteiger partial charge in [0.1, 0.15) is 5.82 Å². The Balaban J connectivity index is 1.93. The molecule has 4 nitrogen and oxygen atoms in total. The molecule has 2 aromatic heterocycles.